The SMILES string of the molecule is C[N+]1(C(N)=O)C=Cc2cc(Oc3ccnc(NC(=O)N4CCC(N5CCCCC5)CC4)c3)ccc21. The molecule has 184 valence electrons. The molecule has 1 unspecified atom stereocenters. The summed E-state index contributed by atoms with van der Waals surface area (Å²) >= 11 is 0. The Kier molecular flexibility index (Phi) is 6.44. The molecule has 9 nitrogen and oxygen atoms in total. The number of primary amides is 1. The average molecular weight is 478 g/mol. The number of fused-ring (bicyclic) bond motifs is 1. The van der Waals surface area contributed by atoms with E-state index >= 15 is 0 Å². The lowest BCUT2D eigenvalue weighted by molar-refractivity contribution is 0.104. The third-order valence-corrected chi connectivity index (χ3v) is 7.37. The zero-order valence-corrected chi connectivity index (χ0v) is 20.2. The topological polar surface area (TPSA) is 101 Å². The van der Waals surface area contributed by atoms with Gasteiger partial charge >= 0.3 is 12.1 Å². The molecule has 9 heteroatoms. The molecule has 2 fully saturated rings. The Labute approximate surface area is 205 Å². The van der Waals surface area contributed by atoms with Gasteiger partial charge in [0, 0.05) is 49.1 Å². The number of aromatic nitrogens is 1. The molecule has 0 aliphatic carbocycles. The lowest BCUT2D eigenvalue weighted by atomic mass is 10.0. The van der Waals surface area contributed by atoms with Crippen LogP contribution < -0.4 is 20.3 Å². The highest BCUT2D eigenvalue weighted by Crippen LogP contribution is 2.37. The van der Waals surface area contributed by atoms with Crippen molar-refractivity contribution in [1.82, 2.24) is 19.3 Å². The zero-order chi connectivity index (χ0) is 24.4. The molecular weight excluding hydrogens is 444 g/mol. The first-order valence-electron chi connectivity index (χ1n) is 12.4. The number of hydrogen-bond acceptors (Lipinski definition) is 5. The number of ether oxygens (including phenoxy) is 1. The number of nitrogens with two attached hydrogens (primary N) is 1. The zero-order valence-electron chi connectivity index (χ0n) is 20.2. The first-order chi connectivity index (χ1) is 16.9. The predicted octanol–water partition coefficient (Wildman–Crippen LogP) is 4.36. The molecule has 1 atom stereocenters. The summed E-state index contributed by atoms with van der Waals surface area (Å²) in [5.41, 5.74) is 7.24. The minimum Gasteiger partial charge on any atom is -0.457 e. The maximum atomic E-state index is 12.8. The molecular formula is C26H33N6O3+. The minimum atomic E-state index is -0.445. The molecule has 0 radical (unpaired) electrons. The smallest absolute Gasteiger partial charge is 0.423 e. The fraction of sp³-hybridized carbons (Fsp3) is 0.423. The van der Waals surface area contributed by atoms with E-state index in [1.165, 1.54) is 32.4 Å². The second-order valence-electron chi connectivity index (χ2n) is 9.67. The maximum Gasteiger partial charge on any atom is 0.423 e. The normalized spacial score (nSPS) is 22.6. The quantitative estimate of drug-likeness (QED) is 0.638. The number of carbonyl (C=O) groups is 2. The molecule has 35 heavy (non-hydrogen) atoms. The summed E-state index contributed by atoms with van der Waals surface area (Å²) in [5, 5.41) is 2.91. The van der Waals surface area contributed by atoms with Gasteiger partial charge in [0.2, 0.25) is 0 Å². The summed E-state index contributed by atoms with van der Waals surface area (Å²) in [6.45, 7) is 3.90. The van der Waals surface area contributed by atoms with Crippen LogP contribution in [0.5, 0.6) is 11.5 Å². The molecule has 2 saturated heterocycles. The average Bonchev–Trinajstić information content (AvgIpc) is 3.22. The van der Waals surface area contributed by atoms with Gasteiger partial charge in [0.15, 0.2) is 5.69 Å². The monoisotopic (exact) mass is 477 g/mol. The number of amides is 4. The number of carbonyl (C=O) groups excluding carboxylic acids is 2. The van der Waals surface area contributed by atoms with Crippen molar-refractivity contribution < 1.29 is 14.3 Å². The van der Waals surface area contributed by atoms with Gasteiger partial charge in [-0.2, -0.15) is 4.48 Å². The van der Waals surface area contributed by atoms with Crippen LogP contribution >= 0.6 is 0 Å². The van der Waals surface area contributed by atoms with Gasteiger partial charge in [0.05, 0.1) is 7.05 Å². The van der Waals surface area contributed by atoms with Crippen molar-refractivity contribution in [3.05, 3.63) is 48.3 Å². The van der Waals surface area contributed by atoms with Crippen LogP contribution in [0, 0.1) is 0 Å². The molecule has 4 amide bonds. The number of nitrogens with zero attached hydrogens (tertiary/aromatic N) is 4. The summed E-state index contributed by atoms with van der Waals surface area (Å²) in [4.78, 5) is 33.5. The van der Waals surface area contributed by atoms with Crippen LogP contribution in [0.25, 0.3) is 6.08 Å². The molecule has 1 aromatic heterocycles. The number of pyridine rings is 1. The van der Waals surface area contributed by atoms with Crippen LogP contribution in [-0.2, 0) is 0 Å². The fourth-order valence-corrected chi connectivity index (χ4v) is 5.24. The van der Waals surface area contributed by atoms with Crippen LogP contribution in [0.2, 0.25) is 0 Å². The number of urea groups is 2. The number of piperidine rings is 2. The van der Waals surface area contributed by atoms with Crippen LogP contribution in [0.15, 0.2) is 42.7 Å². The largest absolute Gasteiger partial charge is 0.457 e. The highest BCUT2D eigenvalue weighted by Gasteiger charge is 2.36. The first-order valence-corrected chi connectivity index (χ1v) is 12.4. The molecule has 2 aromatic rings. The Morgan fingerprint density at radius 3 is 2.54 bits per heavy atom. The summed E-state index contributed by atoms with van der Waals surface area (Å²) in [6.07, 6.45) is 11.2. The van der Waals surface area contributed by atoms with Crippen molar-refractivity contribution in [2.45, 2.75) is 38.1 Å². The standard InChI is InChI=1S/C26H32N6O3/c1-32(25(27)33)16-10-19-17-21(5-6-23(19)32)35-22-7-11-28-24(18-22)29-26(34)31-14-8-20(9-15-31)30-12-3-2-4-13-30/h5-7,10-11,16-18,20H,2-4,8-9,12-15H2,1H3,(H2-,27,28,29,33,34)/p+1. The predicted molar refractivity (Wildman–Crippen MR) is 136 cm³/mol. The van der Waals surface area contributed by atoms with Gasteiger partial charge in [0.1, 0.15) is 23.5 Å². The lowest BCUT2D eigenvalue weighted by Gasteiger charge is -2.40. The van der Waals surface area contributed by atoms with Crippen molar-refractivity contribution >= 4 is 29.6 Å². The highest BCUT2D eigenvalue weighted by atomic mass is 16.5. The Morgan fingerprint density at radius 2 is 1.80 bits per heavy atom. The Bertz CT molecular complexity index is 1140. The number of nitrogens with one attached hydrogen (secondary N) is 1. The molecule has 0 bridgehead atoms. The van der Waals surface area contributed by atoms with E-state index in [0.29, 0.717) is 23.4 Å². The summed E-state index contributed by atoms with van der Waals surface area (Å²) in [5.74, 6) is 1.63. The van der Waals surface area contributed by atoms with Crippen molar-refractivity contribution in [2.24, 2.45) is 5.73 Å². The van der Waals surface area contributed by atoms with Crippen LogP contribution in [0.4, 0.5) is 21.1 Å². The van der Waals surface area contributed by atoms with Gasteiger partial charge in [-0.25, -0.2) is 14.6 Å². The second-order valence-corrected chi connectivity index (χ2v) is 9.67. The van der Waals surface area contributed by atoms with Crippen molar-refractivity contribution in [3.8, 4) is 11.5 Å². The van der Waals surface area contributed by atoms with E-state index in [1.54, 1.807) is 37.6 Å². The number of quaternary nitrogens is 1. The van der Waals surface area contributed by atoms with E-state index in [-0.39, 0.29) is 10.5 Å². The van der Waals surface area contributed by atoms with E-state index in [4.69, 9.17) is 10.5 Å². The first kappa shape index (κ1) is 23.3. The fourth-order valence-electron chi connectivity index (χ4n) is 5.24. The van der Waals surface area contributed by atoms with Gasteiger partial charge in [-0.15, -0.1) is 0 Å². The van der Waals surface area contributed by atoms with Crippen LogP contribution in [0.1, 0.15) is 37.7 Å². The van der Waals surface area contributed by atoms with Gasteiger partial charge in [-0.3, -0.25) is 5.32 Å². The van der Waals surface area contributed by atoms with E-state index in [2.05, 4.69) is 15.2 Å². The molecule has 0 spiro atoms. The number of benzene rings is 1. The summed E-state index contributed by atoms with van der Waals surface area (Å²) in [7, 11) is 1.75. The molecule has 3 aliphatic rings. The van der Waals surface area contributed by atoms with E-state index < -0.39 is 6.03 Å². The number of likely N-dealkylation sites (tertiary alicyclic amines) is 2. The van der Waals surface area contributed by atoms with Gasteiger partial charge < -0.3 is 20.3 Å². The van der Waals surface area contributed by atoms with Crippen molar-refractivity contribution in [1.29, 1.82) is 0 Å². The van der Waals surface area contributed by atoms with E-state index in [9.17, 15) is 9.59 Å². The van der Waals surface area contributed by atoms with Crippen molar-refractivity contribution in [2.75, 3.05) is 38.5 Å². The minimum absolute atomic E-state index is 0.0731. The molecule has 5 rings (SSSR count). The Balaban J connectivity index is 1.18. The molecule has 3 N–H and O–H groups in total. The number of rotatable bonds is 4. The van der Waals surface area contributed by atoms with Crippen LogP contribution in [0.3, 0.4) is 0 Å². The third-order valence-electron chi connectivity index (χ3n) is 7.37. The second kappa shape index (κ2) is 9.67. The summed E-state index contributed by atoms with van der Waals surface area (Å²) < 4.78 is 5.94. The molecule has 3 aliphatic heterocycles. The molecule has 4 heterocycles. The maximum absolute atomic E-state index is 12.8. The Hall–Kier alpha value is -3.43. The van der Waals surface area contributed by atoms with Crippen LogP contribution in [-0.4, -0.2) is 66.1 Å². The lowest BCUT2D eigenvalue weighted by Crippen LogP contribution is -2.49. The summed E-state index contributed by atoms with van der Waals surface area (Å²) in [6, 6.07) is 8.98. The molecule has 1 aromatic carbocycles. The van der Waals surface area contributed by atoms with Gasteiger partial charge in [0.25, 0.3) is 0 Å². The van der Waals surface area contributed by atoms with Gasteiger partial charge in [-0.05, 0) is 57.0 Å². The van der Waals surface area contributed by atoms with Crippen molar-refractivity contribution in [3.63, 3.8) is 0 Å². The molecule has 0 saturated carbocycles. The van der Waals surface area contributed by atoms with E-state index in [1.807, 2.05) is 23.1 Å². The Morgan fingerprint density at radius 1 is 1.06 bits per heavy atom. The third kappa shape index (κ3) is 4.87. The highest BCUT2D eigenvalue weighted by molar-refractivity contribution is 5.94. The number of anilines is 1. The number of hydrogen-bond donors (Lipinski definition) is 2. The van der Waals surface area contributed by atoms with Gasteiger partial charge in [-0.1, -0.05) is 6.42 Å². The van der Waals surface area contributed by atoms with E-state index in [0.717, 1.165) is 37.2 Å².